The number of piperidine rings is 1. The summed E-state index contributed by atoms with van der Waals surface area (Å²) in [5.74, 6) is -0.00564. The Morgan fingerprint density at radius 2 is 2.25 bits per heavy atom. The molecule has 1 aliphatic heterocycles. The van der Waals surface area contributed by atoms with E-state index >= 15 is 0 Å². The summed E-state index contributed by atoms with van der Waals surface area (Å²) >= 11 is 0. The molecule has 1 fully saturated rings. The number of phenolic OH excluding ortho intramolecular Hbond substituents is 1. The number of anilines is 1. The third kappa shape index (κ3) is 3.49. The number of nitrogens with zero attached hydrogens (tertiary/aromatic N) is 5. The number of hydrogen-bond acceptors (Lipinski definition) is 8. The SMILES string of the molecule is CCN1CCC[C@@H](Nc2nc3nc(-c4c(C)cc(C#N)cc4O)cnc3o2)C1. The Morgan fingerprint density at radius 1 is 1.39 bits per heavy atom. The molecule has 3 aromatic rings. The molecule has 0 radical (unpaired) electrons. The zero-order chi connectivity index (χ0) is 19.7. The zero-order valence-corrected chi connectivity index (χ0v) is 15.9. The predicted molar refractivity (Wildman–Crippen MR) is 105 cm³/mol. The number of aromatic hydroxyl groups is 1. The van der Waals surface area contributed by atoms with Crippen molar-refractivity contribution in [1.82, 2.24) is 19.9 Å². The minimum Gasteiger partial charge on any atom is -0.507 e. The third-order valence-corrected chi connectivity index (χ3v) is 5.10. The number of hydrogen-bond donors (Lipinski definition) is 2. The minimum atomic E-state index is -0.00564. The maximum atomic E-state index is 10.3. The largest absolute Gasteiger partial charge is 0.507 e. The third-order valence-electron chi connectivity index (χ3n) is 5.10. The van der Waals surface area contributed by atoms with Gasteiger partial charge in [0.25, 0.3) is 11.7 Å². The molecule has 2 aromatic heterocycles. The number of fused-ring (bicyclic) bond motifs is 1. The van der Waals surface area contributed by atoms with Crippen LogP contribution in [0.15, 0.2) is 22.7 Å². The number of nitriles is 1. The lowest BCUT2D eigenvalue weighted by molar-refractivity contribution is 0.225. The summed E-state index contributed by atoms with van der Waals surface area (Å²) in [6.45, 7) is 7.10. The number of aromatic nitrogens is 3. The van der Waals surface area contributed by atoms with Gasteiger partial charge in [0.1, 0.15) is 5.75 Å². The maximum absolute atomic E-state index is 10.3. The molecule has 0 unspecified atom stereocenters. The van der Waals surface area contributed by atoms with Crippen LogP contribution in [0.2, 0.25) is 0 Å². The van der Waals surface area contributed by atoms with Gasteiger partial charge in [0.2, 0.25) is 5.65 Å². The molecule has 8 heteroatoms. The number of likely N-dealkylation sites (N-methyl/N-ethyl adjacent to an activating group) is 1. The number of aryl methyl sites for hydroxylation is 1. The quantitative estimate of drug-likeness (QED) is 0.712. The van der Waals surface area contributed by atoms with Crippen molar-refractivity contribution in [2.75, 3.05) is 25.0 Å². The van der Waals surface area contributed by atoms with Crippen LogP contribution in [0, 0.1) is 18.3 Å². The molecule has 144 valence electrons. The highest BCUT2D eigenvalue weighted by Gasteiger charge is 2.21. The number of benzene rings is 1. The summed E-state index contributed by atoms with van der Waals surface area (Å²) in [6.07, 6.45) is 3.76. The van der Waals surface area contributed by atoms with E-state index < -0.39 is 0 Å². The van der Waals surface area contributed by atoms with Crippen molar-refractivity contribution in [2.24, 2.45) is 0 Å². The smallest absolute Gasteiger partial charge is 0.298 e. The second-order valence-corrected chi connectivity index (χ2v) is 7.08. The van der Waals surface area contributed by atoms with Crippen molar-refractivity contribution >= 4 is 17.4 Å². The van der Waals surface area contributed by atoms with E-state index in [4.69, 9.17) is 9.68 Å². The van der Waals surface area contributed by atoms with Crippen LogP contribution in [0.5, 0.6) is 5.75 Å². The molecule has 3 heterocycles. The first-order valence-corrected chi connectivity index (χ1v) is 9.44. The van der Waals surface area contributed by atoms with Gasteiger partial charge in [-0.2, -0.15) is 10.2 Å². The molecule has 0 aliphatic carbocycles. The predicted octanol–water partition coefficient (Wildman–Crippen LogP) is 3.07. The number of rotatable bonds is 4. The zero-order valence-electron chi connectivity index (χ0n) is 15.9. The molecule has 0 amide bonds. The number of phenols is 1. The molecule has 1 aromatic carbocycles. The second kappa shape index (κ2) is 7.44. The first-order valence-electron chi connectivity index (χ1n) is 9.44. The van der Waals surface area contributed by atoms with Gasteiger partial charge in [-0.15, -0.1) is 0 Å². The van der Waals surface area contributed by atoms with Gasteiger partial charge >= 0.3 is 0 Å². The highest BCUT2D eigenvalue weighted by Crippen LogP contribution is 2.33. The monoisotopic (exact) mass is 378 g/mol. The van der Waals surface area contributed by atoms with E-state index in [2.05, 4.69) is 32.1 Å². The van der Waals surface area contributed by atoms with Gasteiger partial charge < -0.3 is 19.7 Å². The van der Waals surface area contributed by atoms with Crippen molar-refractivity contribution < 1.29 is 9.52 Å². The summed E-state index contributed by atoms with van der Waals surface area (Å²) in [4.78, 5) is 15.6. The number of nitrogens with one attached hydrogen (secondary N) is 1. The lowest BCUT2D eigenvalue weighted by atomic mass is 10.0. The second-order valence-electron chi connectivity index (χ2n) is 7.08. The molecule has 0 spiro atoms. The molecular formula is C20H22N6O2. The van der Waals surface area contributed by atoms with E-state index in [1.807, 2.05) is 13.0 Å². The van der Waals surface area contributed by atoms with Crippen LogP contribution in [0.25, 0.3) is 22.6 Å². The van der Waals surface area contributed by atoms with Crippen LogP contribution in [-0.2, 0) is 0 Å². The molecule has 0 saturated carbocycles. The first kappa shape index (κ1) is 18.2. The van der Waals surface area contributed by atoms with Gasteiger partial charge in [-0.1, -0.05) is 6.92 Å². The van der Waals surface area contributed by atoms with E-state index in [-0.39, 0.29) is 11.8 Å². The van der Waals surface area contributed by atoms with Crippen molar-refractivity contribution in [3.63, 3.8) is 0 Å². The van der Waals surface area contributed by atoms with Gasteiger partial charge in [-0.3, -0.25) is 0 Å². The van der Waals surface area contributed by atoms with Gasteiger partial charge in [0.05, 0.1) is 23.5 Å². The topological polar surface area (TPSA) is 111 Å². The molecular weight excluding hydrogens is 356 g/mol. The van der Waals surface area contributed by atoms with Gasteiger partial charge in [0.15, 0.2) is 0 Å². The van der Waals surface area contributed by atoms with Gasteiger partial charge in [0, 0.05) is 18.2 Å². The summed E-state index contributed by atoms with van der Waals surface area (Å²) < 4.78 is 5.71. The fourth-order valence-electron chi connectivity index (χ4n) is 3.71. The van der Waals surface area contributed by atoms with Crippen molar-refractivity contribution in [2.45, 2.75) is 32.7 Å². The van der Waals surface area contributed by atoms with Crippen LogP contribution < -0.4 is 5.32 Å². The van der Waals surface area contributed by atoms with E-state index in [1.54, 1.807) is 12.3 Å². The van der Waals surface area contributed by atoms with Crippen LogP contribution in [0.4, 0.5) is 6.01 Å². The van der Waals surface area contributed by atoms with Crippen molar-refractivity contribution in [1.29, 1.82) is 5.26 Å². The molecule has 28 heavy (non-hydrogen) atoms. The fraction of sp³-hybridized carbons (Fsp3) is 0.400. The highest BCUT2D eigenvalue weighted by molar-refractivity contribution is 5.76. The number of oxazole rings is 1. The lowest BCUT2D eigenvalue weighted by Crippen LogP contribution is -2.41. The molecule has 1 saturated heterocycles. The lowest BCUT2D eigenvalue weighted by Gasteiger charge is -2.31. The van der Waals surface area contributed by atoms with Crippen molar-refractivity contribution in [3.05, 3.63) is 29.5 Å². The Balaban J connectivity index is 1.62. The average molecular weight is 378 g/mol. The summed E-state index contributed by atoms with van der Waals surface area (Å²) in [5, 5.41) is 22.7. The van der Waals surface area contributed by atoms with E-state index in [9.17, 15) is 5.11 Å². The Bertz CT molecular complexity index is 1030. The van der Waals surface area contributed by atoms with Crippen LogP contribution in [0.1, 0.15) is 30.9 Å². The summed E-state index contributed by atoms with van der Waals surface area (Å²) in [7, 11) is 0. The van der Waals surface area contributed by atoms with Crippen LogP contribution in [0.3, 0.4) is 0 Å². The molecule has 4 rings (SSSR count). The standard InChI is InChI=1S/C20H22N6O2/c1-3-26-6-4-5-14(11-26)23-20-25-18-19(28-20)22-10-15(24-18)17-12(2)7-13(9-21)8-16(17)27/h7-8,10,14,27H,3-6,11H2,1-2H3,(H,23,24,25)/t14-/m1/s1. The summed E-state index contributed by atoms with van der Waals surface area (Å²) in [6, 6.07) is 5.86. The van der Waals surface area contributed by atoms with E-state index in [1.165, 1.54) is 6.07 Å². The Kier molecular flexibility index (Phi) is 4.84. The van der Waals surface area contributed by atoms with Crippen LogP contribution in [-0.4, -0.2) is 50.6 Å². The average Bonchev–Trinajstić information content (AvgIpc) is 3.09. The number of likely N-dealkylation sites (tertiary alicyclic amines) is 1. The highest BCUT2D eigenvalue weighted by atomic mass is 16.4. The van der Waals surface area contributed by atoms with E-state index in [0.717, 1.165) is 38.0 Å². The molecule has 0 bridgehead atoms. The van der Waals surface area contributed by atoms with Gasteiger partial charge in [-0.05, 0) is 50.6 Å². The molecule has 8 nitrogen and oxygen atoms in total. The van der Waals surface area contributed by atoms with Crippen LogP contribution >= 0.6 is 0 Å². The summed E-state index contributed by atoms with van der Waals surface area (Å²) in [5.41, 5.74) is 2.90. The van der Waals surface area contributed by atoms with Gasteiger partial charge in [-0.25, -0.2) is 9.97 Å². The minimum absolute atomic E-state index is 0.00564. The normalized spacial score (nSPS) is 17.5. The maximum Gasteiger partial charge on any atom is 0.298 e. The van der Waals surface area contributed by atoms with E-state index in [0.29, 0.717) is 34.2 Å². The first-order chi connectivity index (χ1) is 13.6. The molecule has 1 aliphatic rings. The molecule has 2 N–H and O–H groups in total. The Hall–Kier alpha value is -3.18. The fourth-order valence-corrected chi connectivity index (χ4v) is 3.71. The van der Waals surface area contributed by atoms with Crippen molar-refractivity contribution in [3.8, 4) is 23.1 Å². The molecule has 1 atom stereocenters. The Labute approximate surface area is 162 Å². The Morgan fingerprint density at radius 3 is 3.00 bits per heavy atom.